The molecule has 1 aromatic rings. The van der Waals surface area contributed by atoms with Gasteiger partial charge < -0.3 is 4.90 Å². The van der Waals surface area contributed by atoms with Gasteiger partial charge in [-0.3, -0.25) is 9.48 Å². The Hall–Kier alpha value is -1.58. The number of aromatic nitrogens is 2. The van der Waals surface area contributed by atoms with E-state index in [0.29, 0.717) is 0 Å². The molecule has 0 saturated carbocycles. The van der Waals surface area contributed by atoms with Crippen LogP contribution in [0.1, 0.15) is 19.3 Å². The van der Waals surface area contributed by atoms with Crippen LogP contribution in [0.25, 0.3) is 0 Å². The highest BCUT2D eigenvalue weighted by atomic mass is 16.2. The van der Waals surface area contributed by atoms with Crippen molar-refractivity contribution in [3.05, 3.63) is 31.1 Å². The zero-order valence-corrected chi connectivity index (χ0v) is 9.38. The van der Waals surface area contributed by atoms with Crippen LogP contribution in [0, 0.1) is 0 Å². The summed E-state index contributed by atoms with van der Waals surface area (Å²) >= 11 is 0. The molecule has 1 aliphatic rings. The summed E-state index contributed by atoms with van der Waals surface area (Å²) in [5.74, 6) is 0.0388. The Morgan fingerprint density at radius 2 is 2.44 bits per heavy atom. The van der Waals surface area contributed by atoms with E-state index in [-0.39, 0.29) is 11.9 Å². The van der Waals surface area contributed by atoms with Crippen LogP contribution in [-0.2, 0) is 11.3 Å². The molecule has 1 atom stereocenters. The molecule has 1 unspecified atom stereocenters. The van der Waals surface area contributed by atoms with Crippen LogP contribution in [-0.4, -0.2) is 33.2 Å². The van der Waals surface area contributed by atoms with Gasteiger partial charge >= 0.3 is 0 Å². The minimum Gasteiger partial charge on any atom is -0.334 e. The third kappa shape index (κ3) is 2.32. The van der Waals surface area contributed by atoms with Crippen LogP contribution in [0.15, 0.2) is 31.1 Å². The maximum atomic E-state index is 11.7. The predicted molar refractivity (Wildman–Crippen MR) is 61.8 cm³/mol. The Morgan fingerprint density at radius 3 is 3.12 bits per heavy atom. The third-order valence-electron chi connectivity index (χ3n) is 3.04. The second-order valence-electron chi connectivity index (χ2n) is 4.11. The highest BCUT2D eigenvalue weighted by Crippen LogP contribution is 2.18. The first kappa shape index (κ1) is 10.9. The lowest BCUT2D eigenvalue weighted by atomic mass is 10.0. The monoisotopic (exact) mass is 219 g/mol. The van der Waals surface area contributed by atoms with E-state index in [1.54, 1.807) is 6.20 Å². The Labute approximate surface area is 95.5 Å². The van der Waals surface area contributed by atoms with Crippen molar-refractivity contribution in [2.75, 3.05) is 6.54 Å². The minimum absolute atomic E-state index is 0.0388. The summed E-state index contributed by atoms with van der Waals surface area (Å²) in [5, 5.41) is 4.18. The van der Waals surface area contributed by atoms with Gasteiger partial charge in [-0.1, -0.05) is 6.58 Å². The fraction of sp³-hybridized carbons (Fsp3) is 0.500. The molecule has 0 spiro atoms. The zero-order chi connectivity index (χ0) is 11.4. The van der Waals surface area contributed by atoms with Crippen LogP contribution in [0.4, 0.5) is 0 Å². The number of piperidine rings is 1. The van der Waals surface area contributed by atoms with E-state index in [2.05, 4.69) is 11.7 Å². The number of nitrogens with zero attached hydrogens (tertiary/aromatic N) is 3. The summed E-state index contributed by atoms with van der Waals surface area (Å²) in [6.07, 6.45) is 8.44. The quantitative estimate of drug-likeness (QED) is 0.722. The van der Waals surface area contributed by atoms with Gasteiger partial charge in [-0.2, -0.15) is 5.10 Å². The normalized spacial score (nSPS) is 20.8. The molecule has 0 aromatic carbocycles. The Kier molecular flexibility index (Phi) is 3.39. The van der Waals surface area contributed by atoms with E-state index in [1.165, 1.54) is 12.5 Å². The third-order valence-corrected chi connectivity index (χ3v) is 3.04. The maximum Gasteiger partial charge on any atom is 0.246 e. The number of likely N-dealkylation sites (tertiary alicyclic amines) is 1. The molecule has 1 aliphatic heterocycles. The van der Waals surface area contributed by atoms with Gasteiger partial charge in [0.05, 0.1) is 12.6 Å². The molecule has 1 saturated heterocycles. The highest BCUT2D eigenvalue weighted by molar-refractivity contribution is 5.87. The second-order valence-corrected chi connectivity index (χ2v) is 4.11. The molecule has 1 fully saturated rings. The van der Waals surface area contributed by atoms with Crippen LogP contribution in [0.5, 0.6) is 0 Å². The average molecular weight is 219 g/mol. The molecule has 0 bridgehead atoms. The highest BCUT2D eigenvalue weighted by Gasteiger charge is 2.25. The Morgan fingerprint density at radius 1 is 1.56 bits per heavy atom. The van der Waals surface area contributed by atoms with E-state index in [9.17, 15) is 4.79 Å². The Bertz CT molecular complexity index is 358. The van der Waals surface area contributed by atoms with E-state index >= 15 is 0 Å². The fourth-order valence-electron chi connectivity index (χ4n) is 2.22. The van der Waals surface area contributed by atoms with Crippen LogP contribution in [0.3, 0.4) is 0 Å². The molecule has 1 aromatic heterocycles. The van der Waals surface area contributed by atoms with Crippen LogP contribution in [0.2, 0.25) is 0 Å². The van der Waals surface area contributed by atoms with Crippen molar-refractivity contribution < 1.29 is 4.79 Å². The largest absolute Gasteiger partial charge is 0.334 e. The summed E-state index contributed by atoms with van der Waals surface area (Å²) in [5.41, 5.74) is 0. The van der Waals surface area contributed by atoms with Gasteiger partial charge in [-0.05, 0) is 31.4 Å². The second kappa shape index (κ2) is 4.96. The van der Waals surface area contributed by atoms with Crippen molar-refractivity contribution in [3.63, 3.8) is 0 Å². The van der Waals surface area contributed by atoms with E-state index in [4.69, 9.17) is 0 Å². The van der Waals surface area contributed by atoms with Gasteiger partial charge in [-0.25, -0.2) is 0 Å². The van der Waals surface area contributed by atoms with Crippen molar-refractivity contribution in [2.45, 2.75) is 31.8 Å². The number of amides is 1. The molecule has 1 amide bonds. The standard InChI is InChI=1S/C12H17N3O/c1-2-12(16)15-9-4-3-6-11(15)10-14-8-5-7-13-14/h2,5,7-8,11H,1,3-4,6,9-10H2. The van der Waals surface area contributed by atoms with E-state index < -0.39 is 0 Å². The molecule has 0 N–H and O–H groups in total. The summed E-state index contributed by atoms with van der Waals surface area (Å²) in [6, 6.07) is 2.17. The first-order valence-electron chi connectivity index (χ1n) is 5.71. The van der Waals surface area contributed by atoms with Gasteiger partial charge in [0, 0.05) is 18.9 Å². The van der Waals surface area contributed by atoms with Crippen LogP contribution >= 0.6 is 0 Å². The summed E-state index contributed by atoms with van der Waals surface area (Å²) in [7, 11) is 0. The van der Waals surface area contributed by atoms with E-state index in [0.717, 1.165) is 25.9 Å². The number of carbonyl (C=O) groups excluding carboxylic acids is 1. The molecule has 0 radical (unpaired) electrons. The molecule has 4 nitrogen and oxygen atoms in total. The minimum atomic E-state index is 0.0388. The molecule has 86 valence electrons. The lowest BCUT2D eigenvalue weighted by Crippen LogP contribution is -2.45. The van der Waals surface area contributed by atoms with Crippen molar-refractivity contribution in [2.24, 2.45) is 0 Å². The zero-order valence-electron chi connectivity index (χ0n) is 9.38. The summed E-state index contributed by atoms with van der Waals surface area (Å²) in [4.78, 5) is 13.6. The first-order valence-corrected chi connectivity index (χ1v) is 5.71. The molecular formula is C12H17N3O. The molecule has 2 heterocycles. The number of hydrogen-bond donors (Lipinski definition) is 0. The summed E-state index contributed by atoms with van der Waals surface area (Å²) in [6.45, 7) is 5.18. The van der Waals surface area contributed by atoms with Gasteiger partial charge in [-0.15, -0.1) is 0 Å². The van der Waals surface area contributed by atoms with Gasteiger partial charge in [0.2, 0.25) is 5.91 Å². The van der Waals surface area contributed by atoms with Crippen LogP contribution < -0.4 is 0 Å². The smallest absolute Gasteiger partial charge is 0.246 e. The van der Waals surface area contributed by atoms with Gasteiger partial charge in [0.25, 0.3) is 0 Å². The lowest BCUT2D eigenvalue weighted by molar-refractivity contribution is -0.129. The molecule has 2 rings (SSSR count). The lowest BCUT2D eigenvalue weighted by Gasteiger charge is -2.35. The molecule has 0 aliphatic carbocycles. The van der Waals surface area contributed by atoms with Gasteiger partial charge in [0.15, 0.2) is 0 Å². The maximum absolute atomic E-state index is 11.7. The fourth-order valence-corrected chi connectivity index (χ4v) is 2.22. The SMILES string of the molecule is C=CC(=O)N1CCCCC1Cn1cccn1. The first-order chi connectivity index (χ1) is 7.81. The van der Waals surface area contributed by atoms with Crippen molar-refractivity contribution in [1.82, 2.24) is 14.7 Å². The molecule has 4 heteroatoms. The molecule has 16 heavy (non-hydrogen) atoms. The van der Waals surface area contributed by atoms with Gasteiger partial charge in [0.1, 0.15) is 0 Å². The number of rotatable bonds is 3. The topological polar surface area (TPSA) is 38.1 Å². The predicted octanol–water partition coefficient (Wildman–Crippen LogP) is 1.45. The molecular weight excluding hydrogens is 202 g/mol. The number of hydrogen-bond acceptors (Lipinski definition) is 2. The Balaban J connectivity index is 2.04. The summed E-state index contributed by atoms with van der Waals surface area (Å²) < 4.78 is 1.89. The van der Waals surface area contributed by atoms with E-state index in [1.807, 2.05) is 21.8 Å². The number of carbonyl (C=O) groups is 1. The average Bonchev–Trinajstić information content (AvgIpc) is 2.82. The van der Waals surface area contributed by atoms with Crippen molar-refractivity contribution in [1.29, 1.82) is 0 Å². The van der Waals surface area contributed by atoms with Crippen molar-refractivity contribution in [3.8, 4) is 0 Å². The van der Waals surface area contributed by atoms with Crippen molar-refractivity contribution >= 4 is 5.91 Å².